The Bertz CT molecular complexity index is 1220. The van der Waals surface area contributed by atoms with E-state index in [0.29, 0.717) is 35.4 Å². The highest BCUT2D eigenvalue weighted by Gasteiger charge is 2.12. The maximum absolute atomic E-state index is 12.5. The van der Waals surface area contributed by atoms with Gasteiger partial charge in [0, 0.05) is 51.2 Å². The smallest absolute Gasteiger partial charge is 0.251 e. The molecule has 10 heteroatoms. The molecule has 0 atom stereocenters. The van der Waals surface area contributed by atoms with Crippen LogP contribution in [0.25, 0.3) is 0 Å². The van der Waals surface area contributed by atoms with E-state index in [1.54, 1.807) is 21.3 Å². The Morgan fingerprint density at radius 1 is 0.923 bits per heavy atom. The van der Waals surface area contributed by atoms with E-state index >= 15 is 0 Å². The number of thioether (sulfide) groups is 1. The third-order valence-electron chi connectivity index (χ3n) is 6.01. The number of methoxy groups -OCH3 is 3. The van der Waals surface area contributed by atoms with Gasteiger partial charge >= 0.3 is 0 Å². The summed E-state index contributed by atoms with van der Waals surface area (Å²) in [4.78, 5) is 26.2. The van der Waals surface area contributed by atoms with Crippen molar-refractivity contribution in [2.45, 2.75) is 23.9 Å². The first kappa shape index (κ1) is 30.2. The number of hydrogen-bond donors (Lipinski definition) is 1. The van der Waals surface area contributed by atoms with Gasteiger partial charge in [0.05, 0.1) is 26.5 Å². The molecule has 0 bridgehead atoms. The normalized spacial score (nSPS) is 10.9. The van der Waals surface area contributed by atoms with Crippen LogP contribution >= 0.6 is 11.8 Å². The summed E-state index contributed by atoms with van der Waals surface area (Å²) < 4.78 is 16.1. The molecule has 0 radical (unpaired) electrons. The van der Waals surface area contributed by atoms with Crippen LogP contribution in [-0.2, 0) is 23.5 Å². The highest BCUT2D eigenvalue weighted by atomic mass is 32.2. The summed E-state index contributed by atoms with van der Waals surface area (Å²) in [6, 6.07) is 15.6. The molecule has 0 aliphatic heterocycles. The third-order valence-corrected chi connectivity index (χ3v) is 6.93. The Hall–Kier alpha value is -3.34. The van der Waals surface area contributed by atoms with Crippen LogP contribution in [0, 0.1) is 0 Å². The minimum absolute atomic E-state index is 0.0690. The van der Waals surface area contributed by atoms with Crippen molar-refractivity contribution in [2.24, 2.45) is 0 Å². The Morgan fingerprint density at radius 2 is 1.72 bits per heavy atom. The molecule has 0 unspecified atom stereocenters. The minimum Gasteiger partial charge on any atom is -0.493 e. The molecule has 0 saturated heterocycles. The second-order valence-electron chi connectivity index (χ2n) is 9.34. The SMILES string of the molecule is COCc1cc(N(C)CCc2ccc(OC)c(OC)c2)nc(SCc2cccc(C(=O)NCCN(C)C)c2)n1. The first-order valence-electron chi connectivity index (χ1n) is 12.8. The molecule has 1 aromatic heterocycles. The fourth-order valence-electron chi connectivity index (χ4n) is 3.83. The van der Waals surface area contributed by atoms with Crippen LogP contribution in [0.3, 0.4) is 0 Å². The van der Waals surface area contributed by atoms with Gasteiger partial charge in [-0.15, -0.1) is 0 Å². The lowest BCUT2D eigenvalue weighted by Crippen LogP contribution is -2.31. The van der Waals surface area contributed by atoms with E-state index in [9.17, 15) is 4.79 Å². The summed E-state index contributed by atoms with van der Waals surface area (Å²) in [5, 5.41) is 3.63. The Balaban J connectivity index is 1.66. The number of anilines is 1. The first-order valence-corrected chi connectivity index (χ1v) is 13.7. The van der Waals surface area contributed by atoms with Gasteiger partial charge in [-0.2, -0.15) is 0 Å². The van der Waals surface area contributed by atoms with Crippen molar-refractivity contribution in [3.8, 4) is 11.5 Å². The first-order chi connectivity index (χ1) is 18.8. The van der Waals surface area contributed by atoms with Crippen LogP contribution in [-0.4, -0.2) is 82.9 Å². The number of rotatable bonds is 15. The second-order valence-corrected chi connectivity index (χ2v) is 10.3. The lowest BCUT2D eigenvalue weighted by atomic mass is 10.1. The van der Waals surface area contributed by atoms with Crippen LogP contribution in [0.1, 0.15) is 27.2 Å². The number of nitrogens with one attached hydrogen (secondary N) is 1. The fourth-order valence-corrected chi connectivity index (χ4v) is 4.65. The lowest BCUT2D eigenvalue weighted by molar-refractivity contribution is 0.0951. The van der Waals surface area contributed by atoms with E-state index in [2.05, 4.69) is 15.2 Å². The number of amides is 1. The monoisotopic (exact) mass is 553 g/mol. The van der Waals surface area contributed by atoms with Gasteiger partial charge in [-0.1, -0.05) is 30.0 Å². The van der Waals surface area contributed by atoms with Crippen LogP contribution in [0.5, 0.6) is 11.5 Å². The van der Waals surface area contributed by atoms with E-state index in [0.717, 1.165) is 47.9 Å². The number of likely N-dealkylation sites (N-methyl/N-ethyl adjacent to an activating group) is 2. The highest BCUT2D eigenvalue weighted by Crippen LogP contribution is 2.28. The van der Waals surface area contributed by atoms with Crippen molar-refractivity contribution in [1.82, 2.24) is 20.2 Å². The summed E-state index contributed by atoms with van der Waals surface area (Å²) in [7, 11) is 10.9. The van der Waals surface area contributed by atoms with Gasteiger partial charge < -0.3 is 29.3 Å². The van der Waals surface area contributed by atoms with Gasteiger partial charge in [-0.05, 0) is 55.9 Å². The van der Waals surface area contributed by atoms with Crippen LogP contribution < -0.4 is 19.7 Å². The summed E-state index contributed by atoms with van der Waals surface area (Å²) in [6.45, 7) is 2.55. The van der Waals surface area contributed by atoms with E-state index in [1.807, 2.05) is 74.6 Å². The standard InChI is InChI=1S/C29H39N5O4S/c1-33(2)15-13-30-28(35)23-9-7-8-22(16-23)20-39-29-31-24(19-36-4)18-27(32-29)34(3)14-12-21-10-11-25(37-5)26(17-21)38-6/h7-11,16-18H,12-15,19-20H2,1-6H3,(H,30,35). The maximum Gasteiger partial charge on any atom is 0.251 e. The molecule has 1 N–H and O–H groups in total. The summed E-state index contributed by atoms with van der Waals surface area (Å²) in [5.74, 6) is 2.83. The number of hydrogen-bond acceptors (Lipinski definition) is 9. The van der Waals surface area contributed by atoms with Crippen molar-refractivity contribution in [1.29, 1.82) is 0 Å². The van der Waals surface area contributed by atoms with Crippen LogP contribution in [0.15, 0.2) is 53.7 Å². The van der Waals surface area contributed by atoms with Crippen molar-refractivity contribution in [2.75, 3.05) is 67.0 Å². The third kappa shape index (κ3) is 9.42. The molecule has 3 rings (SSSR count). The molecule has 0 aliphatic carbocycles. The van der Waals surface area contributed by atoms with Gasteiger partial charge in [-0.3, -0.25) is 4.79 Å². The molecule has 210 valence electrons. The fraction of sp³-hybridized carbons (Fsp3) is 0.414. The van der Waals surface area contributed by atoms with Gasteiger partial charge in [0.1, 0.15) is 5.82 Å². The predicted molar refractivity (Wildman–Crippen MR) is 156 cm³/mol. The minimum atomic E-state index is -0.0690. The predicted octanol–water partition coefficient (Wildman–Crippen LogP) is 3.90. The van der Waals surface area contributed by atoms with Gasteiger partial charge in [0.25, 0.3) is 5.91 Å². The molecular weight excluding hydrogens is 514 g/mol. The Labute approximate surface area is 235 Å². The molecule has 0 aliphatic rings. The summed E-state index contributed by atoms with van der Waals surface area (Å²) >= 11 is 1.54. The van der Waals surface area contributed by atoms with Gasteiger partial charge in [0.2, 0.25) is 0 Å². The van der Waals surface area contributed by atoms with E-state index < -0.39 is 0 Å². The maximum atomic E-state index is 12.5. The number of aromatic nitrogens is 2. The summed E-state index contributed by atoms with van der Waals surface area (Å²) in [5.41, 5.74) is 3.64. The average Bonchev–Trinajstić information content (AvgIpc) is 2.94. The Kier molecular flexibility index (Phi) is 11.9. The molecule has 3 aromatic rings. The molecule has 9 nitrogen and oxygen atoms in total. The molecule has 0 saturated carbocycles. The average molecular weight is 554 g/mol. The highest BCUT2D eigenvalue weighted by molar-refractivity contribution is 7.98. The number of nitrogens with zero attached hydrogens (tertiary/aromatic N) is 4. The molecule has 0 fully saturated rings. The Morgan fingerprint density at radius 3 is 2.44 bits per heavy atom. The van der Waals surface area contributed by atoms with E-state index in [-0.39, 0.29) is 5.91 Å². The molecule has 39 heavy (non-hydrogen) atoms. The lowest BCUT2D eigenvalue weighted by Gasteiger charge is -2.20. The van der Waals surface area contributed by atoms with Crippen molar-refractivity contribution < 1.29 is 19.0 Å². The zero-order chi connectivity index (χ0) is 28.2. The second kappa shape index (κ2) is 15.3. The zero-order valence-electron chi connectivity index (χ0n) is 23.7. The van der Waals surface area contributed by atoms with Crippen molar-refractivity contribution in [3.63, 3.8) is 0 Å². The number of ether oxygens (including phenoxy) is 3. The molecular formula is C29H39N5O4S. The van der Waals surface area contributed by atoms with E-state index in [4.69, 9.17) is 19.2 Å². The zero-order valence-corrected chi connectivity index (χ0v) is 24.5. The number of carbonyl (C=O) groups excluding carboxylic acids is 1. The van der Waals surface area contributed by atoms with Crippen molar-refractivity contribution in [3.05, 3.63) is 70.9 Å². The number of carbonyl (C=O) groups is 1. The van der Waals surface area contributed by atoms with E-state index in [1.165, 1.54) is 11.8 Å². The molecule has 1 amide bonds. The van der Waals surface area contributed by atoms with Gasteiger partial charge in [0.15, 0.2) is 16.7 Å². The molecule has 0 spiro atoms. The van der Waals surface area contributed by atoms with Crippen LogP contribution in [0.4, 0.5) is 5.82 Å². The quantitative estimate of drug-likeness (QED) is 0.222. The van der Waals surface area contributed by atoms with Gasteiger partial charge in [-0.25, -0.2) is 9.97 Å². The largest absolute Gasteiger partial charge is 0.493 e. The van der Waals surface area contributed by atoms with Crippen molar-refractivity contribution >= 4 is 23.5 Å². The molecule has 2 aromatic carbocycles. The van der Waals surface area contributed by atoms with Crippen LogP contribution in [0.2, 0.25) is 0 Å². The number of benzene rings is 2. The molecule has 1 heterocycles. The summed E-state index contributed by atoms with van der Waals surface area (Å²) in [6.07, 6.45) is 0.812. The topological polar surface area (TPSA) is 89.0 Å².